The molecule has 0 saturated heterocycles. The van der Waals surface area contributed by atoms with Crippen LogP contribution in [-0.2, 0) is 10.2 Å². The van der Waals surface area contributed by atoms with Gasteiger partial charge in [0.25, 0.3) is 5.91 Å². The predicted molar refractivity (Wildman–Crippen MR) is 168 cm³/mol. The third-order valence-electron chi connectivity index (χ3n) is 7.30. The molecule has 1 heterocycles. The van der Waals surface area contributed by atoms with Crippen LogP contribution in [0.1, 0.15) is 54.8 Å². The molecule has 1 atom stereocenters. The van der Waals surface area contributed by atoms with Crippen LogP contribution in [0.25, 0.3) is 21.9 Å². The Balaban J connectivity index is 1.31. The van der Waals surface area contributed by atoms with E-state index in [0.29, 0.717) is 28.2 Å². The number of rotatable bonds is 9. The summed E-state index contributed by atoms with van der Waals surface area (Å²) in [5.41, 5.74) is 3.16. The quantitative estimate of drug-likeness (QED) is 0.169. The topological polar surface area (TPSA) is 97.8 Å². The Hall–Kier alpha value is -5.38. The molecule has 10 heteroatoms. The van der Waals surface area contributed by atoms with Crippen LogP contribution in [0.3, 0.4) is 0 Å². The predicted octanol–water partition coefficient (Wildman–Crippen LogP) is 8.84. The molecular weight excluding hydrogens is 597 g/mol. The fraction of sp³-hybridized carbons (Fsp3) is 0.194. The van der Waals surface area contributed by atoms with Crippen molar-refractivity contribution >= 4 is 22.6 Å². The summed E-state index contributed by atoms with van der Waals surface area (Å²) in [7, 11) is 0. The number of hydrogen-bond acceptors (Lipinski definition) is 5. The van der Waals surface area contributed by atoms with Gasteiger partial charge in [-0.25, -0.2) is 0 Å². The zero-order valence-corrected chi connectivity index (χ0v) is 25.3. The number of carboxylic acids is 1. The number of nitrogens with one attached hydrogen (secondary N) is 1. The number of fused-ring (bicyclic) bond motifs is 1. The lowest BCUT2D eigenvalue weighted by Crippen LogP contribution is -2.30. The second-order valence-electron chi connectivity index (χ2n) is 11.8. The maximum Gasteiger partial charge on any atom is 0.573 e. The van der Waals surface area contributed by atoms with Crippen molar-refractivity contribution in [2.45, 2.75) is 45.0 Å². The summed E-state index contributed by atoms with van der Waals surface area (Å²) >= 11 is 0. The number of pyridine rings is 1. The Morgan fingerprint density at radius 2 is 1.37 bits per heavy atom. The molecule has 0 saturated carbocycles. The third-order valence-corrected chi connectivity index (χ3v) is 7.30. The lowest BCUT2D eigenvalue weighted by molar-refractivity contribution is -0.274. The van der Waals surface area contributed by atoms with Gasteiger partial charge in [-0.05, 0) is 81.6 Å². The minimum absolute atomic E-state index is 0.0201. The monoisotopic (exact) mass is 628 g/mol. The molecule has 5 rings (SSSR count). The van der Waals surface area contributed by atoms with Gasteiger partial charge in [-0.1, -0.05) is 69.3 Å². The summed E-state index contributed by atoms with van der Waals surface area (Å²) in [5.74, 6) is -0.747. The van der Waals surface area contributed by atoms with Gasteiger partial charge in [-0.2, -0.15) is 0 Å². The number of ether oxygens (including phenoxy) is 2. The van der Waals surface area contributed by atoms with Gasteiger partial charge in [0.1, 0.15) is 22.9 Å². The summed E-state index contributed by atoms with van der Waals surface area (Å²) < 4.78 is 47.4. The van der Waals surface area contributed by atoms with Crippen LogP contribution in [0.15, 0.2) is 103 Å². The van der Waals surface area contributed by atoms with Crippen molar-refractivity contribution in [3.63, 3.8) is 0 Å². The standard InChI is InChI=1S/C36H31F3N2O5/c1-35(2,3)27-11-16-28(17-12-27)45-30-15-10-25-21-40-32(19-26(25)18-30)34(44)41-31(20-33(42)43)24-6-4-22(5-7-24)23-8-13-29(14-9-23)46-36(37,38)39/h4-19,21,31H,20H2,1-3H3,(H,41,44)(H,42,43). The highest BCUT2D eigenvalue weighted by Crippen LogP contribution is 2.30. The molecule has 236 valence electrons. The number of nitrogens with zero attached hydrogens (tertiary/aromatic N) is 1. The number of carbonyl (C=O) groups excluding carboxylic acids is 1. The van der Waals surface area contributed by atoms with E-state index in [0.717, 1.165) is 10.8 Å². The lowest BCUT2D eigenvalue weighted by Gasteiger charge is -2.19. The zero-order valence-electron chi connectivity index (χ0n) is 25.3. The number of aromatic nitrogens is 1. The molecule has 1 aromatic heterocycles. The van der Waals surface area contributed by atoms with Crippen molar-refractivity contribution in [1.82, 2.24) is 10.3 Å². The van der Waals surface area contributed by atoms with Crippen LogP contribution < -0.4 is 14.8 Å². The first kappa shape index (κ1) is 32.0. The second-order valence-corrected chi connectivity index (χ2v) is 11.8. The van der Waals surface area contributed by atoms with E-state index in [9.17, 15) is 27.9 Å². The first-order valence-electron chi connectivity index (χ1n) is 14.4. The Labute approximate surface area is 263 Å². The molecule has 0 spiro atoms. The Kier molecular flexibility index (Phi) is 9.00. The van der Waals surface area contributed by atoms with Gasteiger partial charge in [0.05, 0.1) is 12.5 Å². The molecule has 4 aromatic carbocycles. The maximum absolute atomic E-state index is 13.3. The molecule has 0 aliphatic carbocycles. The molecule has 0 bridgehead atoms. The summed E-state index contributed by atoms with van der Waals surface area (Å²) in [6, 6.07) is 26.2. The van der Waals surface area contributed by atoms with E-state index >= 15 is 0 Å². The van der Waals surface area contributed by atoms with E-state index in [4.69, 9.17) is 4.74 Å². The minimum atomic E-state index is -4.79. The fourth-order valence-corrected chi connectivity index (χ4v) is 4.88. The molecule has 0 aliphatic heterocycles. The van der Waals surface area contributed by atoms with Crippen LogP contribution in [0.2, 0.25) is 0 Å². The van der Waals surface area contributed by atoms with E-state index < -0.39 is 24.3 Å². The molecule has 1 amide bonds. The fourth-order valence-electron chi connectivity index (χ4n) is 4.88. The Morgan fingerprint density at radius 3 is 1.96 bits per heavy atom. The summed E-state index contributed by atoms with van der Waals surface area (Å²) in [5, 5.41) is 13.8. The third kappa shape index (κ3) is 8.20. The Bertz CT molecular complexity index is 1850. The number of benzene rings is 4. The Morgan fingerprint density at radius 1 is 0.783 bits per heavy atom. The van der Waals surface area contributed by atoms with E-state index in [-0.39, 0.29) is 23.3 Å². The van der Waals surface area contributed by atoms with Gasteiger partial charge in [0.2, 0.25) is 0 Å². The first-order valence-corrected chi connectivity index (χ1v) is 14.4. The molecule has 46 heavy (non-hydrogen) atoms. The maximum atomic E-state index is 13.3. The highest BCUT2D eigenvalue weighted by atomic mass is 19.4. The van der Waals surface area contributed by atoms with E-state index in [2.05, 4.69) is 35.8 Å². The first-order chi connectivity index (χ1) is 21.7. The molecule has 1 unspecified atom stereocenters. The largest absolute Gasteiger partial charge is 0.573 e. The van der Waals surface area contributed by atoms with Crippen LogP contribution in [0.4, 0.5) is 13.2 Å². The van der Waals surface area contributed by atoms with E-state index in [1.165, 1.54) is 29.8 Å². The summed E-state index contributed by atoms with van der Waals surface area (Å²) in [4.78, 5) is 29.2. The van der Waals surface area contributed by atoms with Crippen molar-refractivity contribution in [2.24, 2.45) is 0 Å². The van der Waals surface area contributed by atoms with Crippen LogP contribution in [0.5, 0.6) is 17.2 Å². The second kappa shape index (κ2) is 12.9. The number of halogens is 3. The van der Waals surface area contributed by atoms with Crippen molar-refractivity contribution in [1.29, 1.82) is 0 Å². The van der Waals surface area contributed by atoms with Crippen molar-refractivity contribution in [3.8, 4) is 28.4 Å². The molecule has 0 radical (unpaired) electrons. The lowest BCUT2D eigenvalue weighted by atomic mass is 9.87. The van der Waals surface area contributed by atoms with Crippen LogP contribution in [-0.4, -0.2) is 28.3 Å². The van der Waals surface area contributed by atoms with E-state index in [1.54, 1.807) is 42.6 Å². The highest BCUT2D eigenvalue weighted by molar-refractivity contribution is 5.97. The molecule has 0 aliphatic rings. The van der Waals surface area contributed by atoms with Crippen molar-refractivity contribution in [3.05, 3.63) is 120 Å². The zero-order chi connectivity index (χ0) is 33.1. The minimum Gasteiger partial charge on any atom is -0.481 e. The molecule has 5 aromatic rings. The number of amides is 1. The molecule has 2 N–H and O–H groups in total. The molecular formula is C36H31F3N2O5. The average Bonchev–Trinajstić information content (AvgIpc) is 3.00. The summed E-state index contributed by atoms with van der Waals surface area (Å²) in [6.45, 7) is 6.42. The number of alkyl halides is 3. The van der Waals surface area contributed by atoms with Crippen molar-refractivity contribution < 1.29 is 37.3 Å². The van der Waals surface area contributed by atoms with Gasteiger partial charge in [-0.3, -0.25) is 14.6 Å². The van der Waals surface area contributed by atoms with Gasteiger partial charge in [0, 0.05) is 11.6 Å². The number of carboxylic acid groups (broad SMARTS) is 1. The smallest absolute Gasteiger partial charge is 0.481 e. The highest BCUT2D eigenvalue weighted by Gasteiger charge is 2.31. The number of hydrogen-bond donors (Lipinski definition) is 2. The van der Waals surface area contributed by atoms with Crippen molar-refractivity contribution in [2.75, 3.05) is 0 Å². The van der Waals surface area contributed by atoms with Gasteiger partial charge >= 0.3 is 12.3 Å². The number of aliphatic carboxylic acids is 1. The summed E-state index contributed by atoms with van der Waals surface area (Å²) in [6.07, 6.45) is -3.60. The van der Waals surface area contributed by atoms with Gasteiger partial charge in [-0.15, -0.1) is 13.2 Å². The van der Waals surface area contributed by atoms with Crippen LogP contribution in [0, 0.1) is 0 Å². The van der Waals surface area contributed by atoms with E-state index in [1.807, 2.05) is 36.4 Å². The number of carbonyl (C=O) groups is 2. The van der Waals surface area contributed by atoms with Gasteiger partial charge < -0.3 is 19.9 Å². The normalized spacial score (nSPS) is 12.4. The SMILES string of the molecule is CC(C)(C)c1ccc(Oc2ccc3cnc(C(=O)NC(CC(=O)O)c4ccc(-c5ccc(OC(F)(F)F)cc5)cc4)cc3c2)cc1. The average molecular weight is 629 g/mol. The molecule has 7 nitrogen and oxygen atoms in total. The van der Waals surface area contributed by atoms with Crippen LogP contribution >= 0.6 is 0 Å². The van der Waals surface area contributed by atoms with Gasteiger partial charge in [0.15, 0.2) is 0 Å². The molecule has 0 fully saturated rings.